The van der Waals surface area contributed by atoms with Crippen molar-refractivity contribution in [1.29, 1.82) is 0 Å². The quantitative estimate of drug-likeness (QED) is 0.0579. The summed E-state index contributed by atoms with van der Waals surface area (Å²) >= 11 is 0. The lowest BCUT2D eigenvalue weighted by molar-refractivity contribution is -0.143. The normalized spacial score (nSPS) is 12.4. The molecule has 0 aromatic heterocycles. The van der Waals surface area contributed by atoms with Gasteiger partial charge in [-0.15, -0.1) is 0 Å². The number of ether oxygens (including phenoxy) is 1. The molecule has 0 amide bonds. The second-order valence-electron chi connectivity index (χ2n) is 11.3. The van der Waals surface area contributed by atoms with Crippen LogP contribution in [0.5, 0.6) is 0 Å². The van der Waals surface area contributed by atoms with Gasteiger partial charge >= 0.3 is 5.97 Å². The molecule has 1 N–H and O–H groups in total. The minimum atomic E-state index is -0.165. The van der Waals surface area contributed by atoms with Gasteiger partial charge in [0.15, 0.2) is 0 Å². The first kappa shape index (κ1) is 36.2. The van der Waals surface area contributed by atoms with Crippen LogP contribution in [0.15, 0.2) is 12.2 Å². The van der Waals surface area contributed by atoms with E-state index in [0.29, 0.717) is 13.0 Å². The lowest BCUT2D eigenvalue weighted by Gasteiger charge is -2.07. The predicted octanol–water partition coefficient (Wildman–Crippen LogP) is 11.0. The molecule has 3 heteroatoms. The first-order valence-electron chi connectivity index (χ1n) is 16.7. The average molecular weight is 523 g/mol. The summed E-state index contributed by atoms with van der Waals surface area (Å²) in [5.41, 5.74) is 0. The Morgan fingerprint density at radius 3 is 1.62 bits per heavy atom. The molecule has 0 fully saturated rings. The number of aliphatic hydroxyl groups is 1. The molecule has 0 aromatic carbocycles. The molecule has 0 aromatic rings. The molecule has 3 nitrogen and oxygen atoms in total. The Labute approximate surface area is 232 Å². The van der Waals surface area contributed by atoms with Gasteiger partial charge in [-0.1, -0.05) is 154 Å². The van der Waals surface area contributed by atoms with Gasteiger partial charge in [-0.25, -0.2) is 0 Å². The van der Waals surface area contributed by atoms with Gasteiger partial charge in [0.25, 0.3) is 0 Å². The van der Waals surface area contributed by atoms with Gasteiger partial charge in [-0.05, 0) is 38.5 Å². The van der Waals surface area contributed by atoms with Crippen molar-refractivity contribution in [3.8, 4) is 0 Å². The number of esters is 1. The van der Waals surface area contributed by atoms with E-state index in [4.69, 9.17) is 4.74 Å². The van der Waals surface area contributed by atoms with Crippen molar-refractivity contribution in [2.45, 2.75) is 193 Å². The van der Waals surface area contributed by atoms with Crippen LogP contribution in [0.2, 0.25) is 0 Å². The average Bonchev–Trinajstić information content (AvgIpc) is 2.90. The topological polar surface area (TPSA) is 46.5 Å². The maximum absolute atomic E-state index is 11.9. The van der Waals surface area contributed by atoms with Crippen molar-refractivity contribution in [3.05, 3.63) is 12.2 Å². The molecule has 1 unspecified atom stereocenters. The van der Waals surface area contributed by atoms with Crippen molar-refractivity contribution in [2.24, 2.45) is 0 Å². The molecule has 0 aliphatic rings. The third-order valence-corrected chi connectivity index (χ3v) is 7.48. The largest absolute Gasteiger partial charge is 0.466 e. The van der Waals surface area contributed by atoms with Crippen LogP contribution in [0.1, 0.15) is 187 Å². The van der Waals surface area contributed by atoms with Crippen LogP contribution in [-0.4, -0.2) is 23.8 Å². The lowest BCUT2D eigenvalue weighted by Crippen LogP contribution is -2.05. The molecule has 37 heavy (non-hydrogen) atoms. The van der Waals surface area contributed by atoms with E-state index in [1.54, 1.807) is 0 Å². The molecule has 0 aliphatic heterocycles. The van der Waals surface area contributed by atoms with Crippen LogP contribution in [-0.2, 0) is 9.53 Å². The zero-order chi connectivity index (χ0) is 27.1. The Morgan fingerprint density at radius 2 is 1.05 bits per heavy atom. The Balaban J connectivity index is 3.26. The first-order chi connectivity index (χ1) is 18.2. The number of unbranched alkanes of at least 4 members (excludes halogenated alkanes) is 21. The molecule has 0 bridgehead atoms. The van der Waals surface area contributed by atoms with Crippen LogP contribution in [0.25, 0.3) is 0 Å². The maximum atomic E-state index is 11.9. The van der Waals surface area contributed by atoms with Crippen molar-refractivity contribution in [3.63, 3.8) is 0 Å². The molecule has 0 rings (SSSR count). The number of carbonyl (C=O) groups excluding carboxylic acids is 1. The molecule has 220 valence electrons. The zero-order valence-electron chi connectivity index (χ0n) is 25.3. The van der Waals surface area contributed by atoms with Gasteiger partial charge in [-0.3, -0.25) is 4.79 Å². The highest BCUT2D eigenvalue weighted by Gasteiger charge is 2.03. The SMILES string of the molecule is CCCCCCCCCCCCCCCCOC(=O)CCCCCCCC=CCC(O)CCCCCC. The number of rotatable bonds is 30. The molecular weight excluding hydrogens is 456 g/mol. The summed E-state index contributed by atoms with van der Waals surface area (Å²) in [7, 11) is 0. The third-order valence-electron chi connectivity index (χ3n) is 7.48. The summed E-state index contributed by atoms with van der Waals surface area (Å²) in [5, 5.41) is 9.97. The maximum Gasteiger partial charge on any atom is 0.305 e. The molecule has 0 saturated heterocycles. The van der Waals surface area contributed by atoms with Gasteiger partial charge in [-0.2, -0.15) is 0 Å². The van der Waals surface area contributed by atoms with Crippen molar-refractivity contribution >= 4 is 5.97 Å². The highest BCUT2D eigenvalue weighted by atomic mass is 16.5. The van der Waals surface area contributed by atoms with E-state index in [1.165, 1.54) is 122 Å². The number of aliphatic hydroxyl groups excluding tert-OH is 1. The molecule has 0 radical (unpaired) electrons. The standard InChI is InChI=1S/C34H66O3/c1-3-5-7-9-10-11-12-13-14-15-18-21-24-28-32-37-34(36)31-27-23-20-17-16-19-22-26-30-33(35)29-25-8-6-4-2/h22,26,33,35H,3-21,23-25,27-32H2,1-2H3. The minimum absolute atomic E-state index is 0.00845. The Kier molecular flexibility index (Phi) is 30.7. The van der Waals surface area contributed by atoms with E-state index in [0.717, 1.165) is 44.9 Å². The van der Waals surface area contributed by atoms with E-state index in [2.05, 4.69) is 26.0 Å². The van der Waals surface area contributed by atoms with Crippen molar-refractivity contribution in [2.75, 3.05) is 6.61 Å². The van der Waals surface area contributed by atoms with Crippen LogP contribution < -0.4 is 0 Å². The smallest absolute Gasteiger partial charge is 0.305 e. The number of hydrogen-bond acceptors (Lipinski definition) is 3. The first-order valence-corrected chi connectivity index (χ1v) is 16.7. The van der Waals surface area contributed by atoms with Crippen LogP contribution in [0.4, 0.5) is 0 Å². The summed E-state index contributed by atoms with van der Waals surface area (Å²) < 4.78 is 5.41. The van der Waals surface area contributed by atoms with Crippen LogP contribution in [0, 0.1) is 0 Å². The highest BCUT2D eigenvalue weighted by molar-refractivity contribution is 5.69. The summed E-state index contributed by atoms with van der Waals surface area (Å²) in [4.78, 5) is 11.9. The lowest BCUT2D eigenvalue weighted by atomic mass is 10.0. The van der Waals surface area contributed by atoms with Gasteiger partial charge in [0.05, 0.1) is 12.7 Å². The molecule has 0 spiro atoms. The van der Waals surface area contributed by atoms with Crippen LogP contribution in [0.3, 0.4) is 0 Å². The number of hydrogen-bond donors (Lipinski definition) is 1. The van der Waals surface area contributed by atoms with Crippen LogP contribution >= 0.6 is 0 Å². The predicted molar refractivity (Wildman–Crippen MR) is 162 cm³/mol. The second-order valence-corrected chi connectivity index (χ2v) is 11.3. The fourth-order valence-electron chi connectivity index (χ4n) is 4.91. The van der Waals surface area contributed by atoms with Gasteiger partial charge in [0, 0.05) is 6.42 Å². The minimum Gasteiger partial charge on any atom is -0.466 e. The summed E-state index contributed by atoms with van der Waals surface area (Å²) in [5.74, 6) is -0.00845. The summed E-state index contributed by atoms with van der Waals surface area (Å²) in [6.07, 6.45) is 37.1. The molecule has 0 saturated carbocycles. The second kappa shape index (κ2) is 31.4. The summed E-state index contributed by atoms with van der Waals surface area (Å²) in [6, 6.07) is 0. The monoisotopic (exact) mass is 523 g/mol. The Bertz CT molecular complexity index is 474. The van der Waals surface area contributed by atoms with E-state index in [-0.39, 0.29) is 12.1 Å². The van der Waals surface area contributed by atoms with Gasteiger partial charge < -0.3 is 9.84 Å². The molecule has 1 atom stereocenters. The fourth-order valence-corrected chi connectivity index (χ4v) is 4.91. The van der Waals surface area contributed by atoms with E-state index >= 15 is 0 Å². The fraction of sp³-hybridized carbons (Fsp3) is 0.912. The number of allylic oxidation sites excluding steroid dienone is 1. The number of carbonyl (C=O) groups is 1. The van der Waals surface area contributed by atoms with Gasteiger partial charge in [0.2, 0.25) is 0 Å². The summed E-state index contributed by atoms with van der Waals surface area (Å²) in [6.45, 7) is 5.11. The van der Waals surface area contributed by atoms with Crippen molar-refractivity contribution in [1.82, 2.24) is 0 Å². The van der Waals surface area contributed by atoms with Gasteiger partial charge in [0.1, 0.15) is 0 Å². The van der Waals surface area contributed by atoms with E-state index in [1.807, 2.05) is 0 Å². The molecular formula is C34H66O3. The van der Waals surface area contributed by atoms with E-state index in [9.17, 15) is 9.90 Å². The Morgan fingerprint density at radius 1 is 0.595 bits per heavy atom. The molecule has 0 aliphatic carbocycles. The molecule has 0 heterocycles. The van der Waals surface area contributed by atoms with Crippen molar-refractivity contribution < 1.29 is 14.6 Å². The zero-order valence-corrected chi connectivity index (χ0v) is 25.3. The Hall–Kier alpha value is -0.830. The third kappa shape index (κ3) is 31.3. The van der Waals surface area contributed by atoms with E-state index < -0.39 is 0 Å². The highest BCUT2D eigenvalue weighted by Crippen LogP contribution is 2.14.